The van der Waals surface area contributed by atoms with Crippen molar-refractivity contribution >= 4 is 5.91 Å². The predicted octanol–water partition coefficient (Wildman–Crippen LogP) is 5.64. The summed E-state index contributed by atoms with van der Waals surface area (Å²) in [5, 5.41) is 3.13. The number of benzene rings is 2. The largest absolute Gasteiger partial charge is 0.481 e. The van der Waals surface area contributed by atoms with E-state index in [4.69, 9.17) is 4.74 Å². The van der Waals surface area contributed by atoms with Crippen LogP contribution >= 0.6 is 0 Å². The van der Waals surface area contributed by atoms with E-state index in [1.807, 2.05) is 12.1 Å². The van der Waals surface area contributed by atoms with Gasteiger partial charge in [-0.15, -0.1) is 0 Å². The Balaban J connectivity index is 2.03. The summed E-state index contributed by atoms with van der Waals surface area (Å²) < 4.78 is 5.86. The molecule has 1 amide bonds. The van der Waals surface area contributed by atoms with E-state index in [0.717, 1.165) is 12.0 Å². The Morgan fingerprint density at radius 1 is 1.07 bits per heavy atom. The third-order valence-corrected chi connectivity index (χ3v) is 4.93. The standard InChI is InChI=1S/C24H33NO2/c1-8-22(21-14-9-16(2)15-17(21)3)25-23(26)18(4)27-20-12-10-19(11-13-20)24(5,6)7/h9-15,18,22H,8H2,1-7H3,(H,25,26)/t18-,22+/m1/s1. The summed E-state index contributed by atoms with van der Waals surface area (Å²) in [7, 11) is 0. The number of ether oxygens (including phenoxy) is 1. The van der Waals surface area contributed by atoms with Gasteiger partial charge in [-0.2, -0.15) is 0 Å². The van der Waals surface area contributed by atoms with Gasteiger partial charge in [0.15, 0.2) is 6.10 Å². The molecule has 2 rings (SSSR count). The summed E-state index contributed by atoms with van der Waals surface area (Å²) in [4.78, 5) is 12.7. The quantitative estimate of drug-likeness (QED) is 0.718. The van der Waals surface area contributed by atoms with Gasteiger partial charge in [0.1, 0.15) is 5.75 Å². The van der Waals surface area contributed by atoms with Gasteiger partial charge in [0, 0.05) is 0 Å². The molecule has 0 spiro atoms. The Morgan fingerprint density at radius 2 is 1.70 bits per heavy atom. The summed E-state index contributed by atoms with van der Waals surface area (Å²) in [6.07, 6.45) is 0.285. The van der Waals surface area contributed by atoms with E-state index < -0.39 is 6.10 Å². The molecule has 2 atom stereocenters. The van der Waals surface area contributed by atoms with Crippen LogP contribution in [0.5, 0.6) is 5.75 Å². The van der Waals surface area contributed by atoms with Crippen molar-refractivity contribution in [1.82, 2.24) is 5.32 Å². The van der Waals surface area contributed by atoms with Crippen molar-refractivity contribution in [2.75, 3.05) is 0 Å². The Kier molecular flexibility index (Phi) is 6.69. The lowest BCUT2D eigenvalue weighted by Crippen LogP contribution is -2.38. The first-order chi connectivity index (χ1) is 12.6. The molecule has 2 aromatic carbocycles. The van der Waals surface area contributed by atoms with Gasteiger partial charge in [0.05, 0.1) is 6.04 Å². The number of hydrogen-bond donors (Lipinski definition) is 1. The monoisotopic (exact) mass is 367 g/mol. The highest BCUT2D eigenvalue weighted by atomic mass is 16.5. The molecule has 0 aromatic heterocycles. The van der Waals surface area contributed by atoms with Crippen molar-refractivity contribution in [3.8, 4) is 5.75 Å². The van der Waals surface area contributed by atoms with Crippen LogP contribution in [0.3, 0.4) is 0 Å². The fraction of sp³-hybridized carbons (Fsp3) is 0.458. The first-order valence-corrected chi connectivity index (χ1v) is 9.76. The second kappa shape index (κ2) is 8.60. The number of amides is 1. The predicted molar refractivity (Wildman–Crippen MR) is 112 cm³/mol. The molecule has 0 aliphatic heterocycles. The molecule has 0 radical (unpaired) electrons. The molecule has 3 nitrogen and oxygen atoms in total. The van der Waals surface area contributed by atoms with E-state index in [-0.39, 0.29) is 17.4 Å². The van der Waals surface area contributed by atoms with Crippen LogP contribution in [0.1, 0.15) is 69.3 Å². The van der Waals surface area contributed by atoms with Crippen molar-refractivity contribution < 1.29 is 9.53 Å². The maximum Gasteiger partial charge on any atom is 0.261 e. The van der Waals surface area contributed by atoms with E-state index in [0.29, 0.717) is 5.75 Å². The second-order valence-corrected chi connectivity index (χ2v) is 8.36. The van der Waals surface area contributed by atoms with Crippen LogP contribution in [0.25, 0.3) is 0 Å². The van der Waals surface area contributed by atoms with Gasteiger partial charge in [0.2, 0.25) is 0 Å². The summed E-state index contributed by atoms with van der Waals surface area (Å²) >= 11 is 0. The Morgan fingerprint density at radius 3 is 2.22 bits per heavy atom. The highest BCUT2D eigenvalue weighted by Gasteiger charge is 2.21. The fourth-order valence-electron chi connectivity index (χ4n) is 3.20. The molecular weight excluding hydrogens is 334 g/mol. The molecule has 3 heteroatoms. The summed E-state index contributed by atoms with van der Waals surface area (Å²) in [5.74, 6) is 0.618. The summed E-state index contributed by atoms with van der Waals surface area (Å²) in [6, 6.07) is 14.3. The van der Waals surface area contributed by atoms with Gasteiger partial charge < -0.3 is 10.1 Å². The third-order valence-electron chi connectivity index (χ3n) is 4.93. The summed E-state index contributed by atoms with van der Waals surface area (Å²) in [5.41, 5.74) is 4.94. The van der Waals surface area contributed by atoms with Gasteiger partial charge in [0.25, 0.3) is 5.91 Å². The highest BCUT2D eigenvalue weighted by Crippen LogP contribution is 2.25. The minimum Gasteiger partial charge on any atom is -0.481 e. The number of hydrogen-bond acceptors (Lipinski definition) is 2. The van der Waals surface area contributed by atoms with Gasteiger partial charge in [-0.1, -0.05) is 63.6 Å². The fourth-order valence-corrected chi connectivity index (χ4v) is 3.20. The molecule has 27 heavy (non-hydrogen) atoms. The molecule has 0 fully saturated rings. The van der Waals surface area contributed by atoms with Crippen LogP contribution in [-0.2, 0) is 10.2 Å². The third kappa shape index (κ3) is 5.59. The van der Waals surface area contributed by atoms with Gasteiger partial charge in [-0.25, -0.2) is 0 Å². The zero-order valence-corrected chi connectivity index (χ0v) is 17.7. The molecule has 0 aliphatic rings. The topological polar surface area (TPSA) is 38.3 Å². The van der Waals surface area contributed by atoms with Crippen LogP contribution in [0.15, 0.2) is 42.5 Å². The second-order valence-electron chi connectivity index (χ2n) is 8.36. The maximum atomic E-state index is 12.7. The van der Waals surface area contributed by atoms with Crippen molar-refractivity contribution in [2.24, 2.45) is 0 Å². The zero-order valence-electron chi connectivity index (χ0n) is 17.7. The first-order valence-electron chi connectivity index (χ1n) is 9.76. The van der Waals surface area contributed by atoms with E-state index in [1.54, 1.807) is 6.92 Å². The van der Waals surface area contributed by atoms with Crippen LogP contribution < -0.4 is 10.1 Å². The molecule has 0 aliphatic carbocycles. The van der Waals surface area contributed by atoms with Crippen LogP contribution in [0.2, 0.25) is 0 Å². The number of carbonyl (C=O) groups is 1. The molecular formula is C24H33NO2. The molecule has 0 saturated heterocycles. The van der Waals surface area contributed by atoms with Crippen LogP contribution in [-0.4, -0.2) is 12.0 Å². The van der Waals surface area contributed by atoms with E-state index in [9.17, 15) is 4.79 Å². The average molecular weight is 368 g/mol. The SMILES string of the molecule is CC[C@H](NC(=O)[C@@H](C)Oc1ccc(C(C)(C)C)cc1)c1ccc(C)cc1C. The molecule has 1 N–H and O–H groups in total. The molecule has 146 valence electrons. The summed E-state index contributed by atoms with van der Waals surface area (Å²) in [6.45, 7) is 14.6. The van der Waals surface area contributed by atoms with Gasteiger partial charge >= 0.3 is 0 Å². The van der Waals surface area contributed by atoms with Crippen molar-refractivity contribution in [3.05, 3.63) is 64.7 Å². The lowest BCUT2D eigenvalue weighted by atomic mass is 9.87. The molecule has 2 aromatic rings. The number of rotatable bonds is 6. The van der Waals surface area contributed by atoms with Crippen LogP contribution in [0.4, 0.5) is 0 Å². The smallest absolute Gasteiger partial charge is 0.261 e. The van der Waals surface area contributed by atoms with Crippen molar-refractivity contribution in [2.45, 2.75) is 72.4 Å². The number of carbonyl (C=O) groups excluding carboxylic acids is 1. The molecule has 0 unspecified atom stereocenters. The Hall–Kier alpha value is -2.29. The lowest BCUT2D eigenvalue weighted by molar-refractivity contribution is -0.128. The Labute approximate surface area is 164 Å². The van der Waals surface area contributed by atoms with Crippen molar-refractivity contribution in [3.63, 3.8) is 0 Å². The molecule has 0 heterocycles. The lowest BCUT2D eigenvalue weighted by Gasteiger charge is -2.23. The minimum absolute atomic E-state index is 0.00702. The number of aryl methyl sites for hydroxylation is 2. The van der Waals surface area contributed by atoms with Crippen molar-refractivity contribution in [1.29, 1.82) is 0 Å². The Bertz CT molecular complexity index is 772. The van der Waals surface area contributed by atoms with Crippen LogP contribution in [0, 0.1) is 13.8 Å². The number of nitrogens with one attached hydrogen (secondary N) is 1. The van der Waals surface area contributed by atoms with E-state index in [1.165, 1.54) is 16.7 Å². The van der Waals surface area contributed by atoms with Gasteiger partial charge in [-0.05, 0) is 61.4 Å². The van der Waals surface area contributed by atoms with E-state index in [2.05, 4.69) is 77.2 Å². The molecule has 0 saturated carbocycles. The van der Waals surface area contributed by atoms with E-state index >= 15 is 0 Å². The molecule has 0 bridgehead atoms. The highest BCUT2D eigenvalue weighted by molar-refractivity contribution is 5.81. The average Bonchev–Trinajstić information content (AvgIpc) is 2.59. The normalized spacial score (nSPS) is 13.7. The first kappa shape index (κ1) is 21.0. The maximum absolute atomic E-state index is 12.7. The minimum atomic E-state index is -0.551. The van der Waals surface area contributed by atoms with Gasteiger partial charge in [-0.3, -0.25) is 4.79 Å². The zero-order chi connectivity index (χ0) is 20.2.